The van der Waals surface area contributed by atoms with Crippen LogP contribution in [0.2, 0.25) is 0 Å². The molecule has 0 saturated heterocycles. The van der Waals surface area contributed by atoms with E-state index in [0.717, 1.165) is 41.0 Å². The molecule has 6 heteroatoms. The SMILES string of the molecule is Cc1cnc(NC(=O)C2CC2)c2c1-c1nccnc1C(C)N2C. The van der Waals surface area contributed by atoms with Gasteiger partial charge in [0.25, 0.3) is 0 Å². The zero-order valence-corrected chi connectivity index (χ0v) is 13.5. The van der Waals surface area contributed by atoms with Crippen molar-refractivity contribution < 1.29 is 4.79 Å². The van der Waals surface area contributed by atoms with E-state index in [1.807, 2.05) is 14.0 Å². The molecule has 1 aliphatic carbocycles. The monoisotopic (exact) mass is 309 g/mol. The highest BCUT2D eigenvalue weighted by Crippen LogP contribution is 2.46. The molecular formula is C17H19N5O. The molecule has 118 valence electrons. The molecule has 23 heavy (non-hydrogen) atoms. The van der Waals surface area contributed by atoms with Gasteiger partial charge < -0.3 is 10.2 Å². The van der Waals surface area contributed by atoms with Gasteiger partial charge in [0, 0.05) is 37.1 Å². The molecule has 3 heterocycles. The van der Waals surface area contributed by atoms with E-state index in [9.17, 15) is 4.79 Å². The van der Waals surface area contributed by atoms with E-state index in [0.29, 0.717) is 5.82 Å². The summed E-state index contributed by atoms with van der Waals surface area (Å²) in [5, 5.41) is 3.00. The topological polar surface area (TPSA) is 71.0 Å². The number of rotatable bonds is 2. The van der Waals surface area contributed by atoms with E-state index < -0.39 is 0 Å². The molecule has 2 aliphatic rings. The maximum Gasteiger partial charge on any atom is 0.228 e. The van der Waals surface area contributed by atoms with E-state index in [1.165, 1.54) is 0 Å². The molecule has 0 spiro atoms. The first-order valence-corrected chi connectivity index (χ1v) is 7.92. The first kappa shape index (κ1) is 14.1. The van der Waals surface area contributed by atoms with Crippen LogP contribution in [0.4, 0.5) is 11.5 Å². The predicted molar refractivity (Wildman–Crippen MR) is 88.2 cm³/mol. The molecular weight excluding hydrogens is 290 g/mol. The summed E-state index contributed by atoms with van der Waals surface area (Å²) < 4.78 is 0. The third kappa shape index (κ3) is 2.17. The largest absolute Gasteiger partial charge is 0.363 e. The van der Waals surface area contributed by atoms with Crippen LogP contribution in [0, 0.1) is 12.8 Å². The first-order valence-electron chi connectivity index (χ1n) is 7.92. The van der Waals surface area contributed by atoms with Crippen molar-refractivity contribution in [3.05, 3.63) is 29.8 Å². The second-order valence-corrected chi connectivity index (χ2v) is 6.35. The van der Waals surface area contributed by atoms with Gasteiger partial charge in [-0.3, -0.25) is 14.8 Å². The molecule has 0 aromatic carbocycles. The third-order valence-corrected chi connectivity index (χ3v) is 4.73. The average Bonchev–Trinajstić information content (AvgIpc) is 3.39. The lowest BCUT2D eigenvalue weighted by molar-refractivity contribution is -0.117. The minimum Gasteiger partial charge on any atom is -0.363 e. The number of anilines is 2. The van der Waals surface area contributed by atoms with Crippen molar-refractivity contribution in [3.8, 4) is 11.3 Å². The van der Waals surface area contributed by atoms with Gasteiger partial charge in [-0.25, -0.2) is 4.98 Å². The molecule has 2 aromatic rings. The van der Waals surface area contributed by atoms with Crippen molar-refractivity contribution in [3.63, 3.8) is 0 Å². The molecule has 6 nitrogen and oxygen atoms in total. The lowest BCUT2D eigenvalue weighted by atomic mass is 9.94. The number of nitrogens with zero attached hydrogens (tertiary/aromatic N) is 4. The number of nitrogens with one attached hydrogen (secondary N) is 1. The summed E-state index contributed by atoms with van der Waals surface area (Å²) in [5.74, 6) is 0.829. The molecule has 1 aliphatic heterocycles. The van der Waals surface area contributed by atoms with Crippen molar-refractivity contribution in [1.29, 1.82) is 0 Å². The van der Waals surface area contributed by atoms with Crippen molar-refractivity contribution in [2.24, 2.45) is 5.92 Å². The number of hydrogen-bond acceptors (Lipinski definition) is 5. The zero-order valence-electron chi connectivity index (χ0n) is 13.5. The van der Waals surface area contributed by atoms with E-state index in [-0.39, 0.29) is 17.9 Å². The van der Waals surface area contributed by atoms with Gasteiger partial charge in [0.15, 0.2) is 5.82 Å². The highest BCUT2D eigenvalue weighted by molar-refractivity contribution is 6.00. The highest BCUT2D eigenvalue weighted by Gasteiger charge is 2.34. The predicted octanol–water partition coefficient (Wildman–Crippen LogP) is 2.71. The fraction of sp³-hybridized carbons (Fsp3) is 0.412. The van der Waals surface area contributed by atoms with Crippen LogP contribution in [0.3, 0.4) is 0 Å². The highest BCUT2D eigenvalue weighted by atomic mass is 16.2. The smallest absolute Gasteiger partial charge is 0.228 e. The van der Waals surface area contributed by atoms with E-state index in [2.05, 4.69) is 32.1 Å². The van der Waals surface area contributed by atoms with E-state index in [4.69, 9.17) is 0 Å². The standard InChI is InChI=1S/C17H19N5O/c1-9-8-20-16(21-17(23)11-4-5-11)15-12(9)14-13(10(2)22(15)3)18-6-7-19-14/h6-8,10-11H,4-5H2,1-3H3,(H,20,21,23). The van der Waals surface area contributed by atoms with Gasteiger partial charge in [-0.1, -0.05) is 0 Å². The normalized spacial score (nSPS) is 19.1. The first-order chi connectivity index (χ1) is 11.1. The number of aryl methyl sites for hydroxylation is 1. The van der Waals surface area contributed by atoms with Gasteiger partial charge in [-0.05, 0) is 32.3 Å². The Morgan fingerprint density at radius 2 is 2.00 bits per heavy atom. The van der Waals surface area contributed by atoms with Gasteiger partial charge >= 0.3 is 0 Å². The molecule has 2 aromatic heterocycles. The van der Waals surface area contributed by atoms with Crippen LogP contribution in [0.25, 0.3) is 11.3 Å². The Bertz CT molecular complexity index is 800. The number of aromatic nitrogens is 3. The van der Waals surface area contributed by atoms with Gasteiger partial charge in [0.05, 0.1) is 23.1 Å². The minimum atomic E-state index is 0.0644. The van der Waals surface area contributed by atoms with Crippen LogP contribution in [0.15, 0.2) is 18.6 Å². The minimum absolute atomic E-state index is 0.0644. The molecule has 4 rings (SSSR count). The van der Waals surface area contributed by atoms with Crippen molar-refractivity contribution >= 4 is 17.4 Å². The Labute approximate surface area is 135 Å². The number of carbonyl (C=O) groups is 1. The van der Waals surface area contributed by atoms with Crippen molar-refractivity contribution in [1.82, 2.24) is 15.0 Å². The summed E-state index contributed by atoms with van der Waals surface area (Å²) in [5.41, 5.74) is 4.81. The maximum atomic E-state index is 12.2. The summed E-state index contributed by atoms with van der Waals surface area (Å²) in [4.78, 5) is 27.8. The fourth-order valence-electron chi connectivity index (χ4n) is 3.11. The Balaban J connectivity index is 1.89. The number of fused-ring (bicyclic) bond motifs is 3. The van der Waals surface area contributed by atoms with Gasteiger partial charge in [0.1, 0.15) is 0 Å². The van der Waals surface area contributed by atoms with Crippen LogP contribution in [0.5, 0.6) is 0 Å². The molecule has 1 N–H and O–H groups in total. The Morgan fingerprint density at radius 3 is 2.74 bits per heavy atom. The summed E-state index contributed by atoms with van der Waals surface area (Å²) in [6.07, 6.45) is 7.17. The molecule has 0 bridgehead atoms. The molecule has 0 radical (unpaired) electrons. The molecule has 1 atom stereocenters. The summed E-state index contributed by atoms with van der Waals surface area (Å²) in [7, 11) is 2.01. The average molecular weight is 309 g/mol. The number of hydrogen-bond donors (Lipinski definition) is 1. The molecule has 1 unspecified atom stereocenters. The Kier molecular flexibility index (Phi) is 3.07. The van der Waals surface area contributed by atoms with Gasteiger partial charge in [0.2, 0.25) is 5.91 Å². The molecule has 1 saturated carbocycles. The summed E-state index contributed by atoms with van der Waals surface area (Å²) >= 11 is 0. The van der Waals surface area contributed by atoms with Crippen LogP contribution in [0.1, 0.15) is 37.1 Å². The second-order valence-electron chi connectivity index (χ2n) is 6.35. The van der Waals surface area contributed by atoms with E-state index >= 15 is 0 Å². The lowest BCUT2D eigenvalue weighted by Gasteiger charge is -2.35. The van der Waals surface area contributed by atoms with E-state index in [1.54, 1.807) is 18.6 Å². The van der Waals surface area contributed by atoms with Crippen LogP contribution in [-0.2, 0) is 4.79 Å². The van der Waals surface area contributed by atoms with Crippen LogP contribution in [-0.4, -0.2) is 27.9 Å². The van der Waals surface area contributed by atoms with Crippen LogP contribution < -0.4 is 10.2 Å². The second kappa shape index (κ2) is 5.01. The third-order valence-electron chi connectivity index (χ3n) is 4.73. The summed E-state index contributed by atoms with van der Waals surface area (Å²) in [6, 6.07) is 0.0753. The van der Waals surface area contributed by atoms with Gasteiger partial charge in [-0.2, -0.15) is 0 Å². The number of carbonyl (C=O) groups excluding carboxylic acids is 1. The fourth-order valence-corrected chi connectivity index (χ4v) is 3.11. The lowest BCUT2D eigenvalue weighted by Crippen LogP contribution is -2.30. The van der Waals surface area contributed by atoms with Crippen molar-refractivity contribution in [2.45, 2.75) is 32.7 Å². The Morgan fingerprint density at radius 1 is 1.26 bits per heavy atom. The Hall–Kier alpha value is -2.50. The van der Waals surface area contributed by atoms with Gasteiger partial charge in [-0.15, -0.1) is 0 Å². The molecule has 1 amide bonds. The van der Waals surface area contributed by atoms with Crippen molar-refractivity contribution in [2.75, 3.05) is 17.3 Å². The quantitative estimate of drug-likeness (QED) is 0.923. The van der Waals surface area contributed by atoms with Crippen LogP contribution >= 0.6 is 0 Å². The molecule has 1 fully saturated rings. The number of pyridine rings is 1. The zero-order chi connectivity index (χ0) is 16.1. The number of amides is 1. The summed E-state index contributed by atoms with van der Waals surface area (Å²) in [6.45, 7) is 4.10. The maximum absolute atomic E-state index is 12.2.